The van der Waals surface area contributed by atoms with Crippen LogP contribution in [-0.4, -0.2) is 21.9 Å². The lowest BCUT2D eigenvalue weighted by atomic mass is 10.1. The predicted molar refractivity (Wildman–Crippen MR) is 112 cm³/mol. The van der Waals surface area contributed by atoms with Gasteiger partial charge in [-0.3, -0.25) is 9.36 Å². The van der Waals surface area contributed by atoms with Gasteiger partial charge in [-0.25, -0.2) is 4.98 Å². The predicted octanol–water partition coefficient (Wildman–Crippen LogP) is 4.65. The second-order valence-corrected chi connectivity index (χ2v) is 7.40. The van der Waals surface area contributed by atoms with Crippen molar-refractivity contribution >= 4 is 33.4 Å². The van der Waals surface area contributed by atoms with Crippen molar-refractivity contribution in [2.75, 3.05) is 12.4 Å². The molecule has 0 aliphatic carbocycles. The molecule has 0 saturated heterocycles. The molecule has 5 heteroatoms. The van der Waals surface area contributed by atoms with Gasteiger partial charge in [0.1, 0.15) is 5.75 Å². The molecule has 0 fully saturated rings. The van der Waals surface area contributed by atoms with E-state index in [-0.39, 0.29) is 5.56 Å². The maximum absolute atomic E-state index is 12.8. The molecule has 0 unspecified atom stereocenters. The number of fused-ring (bicyclic) bond motifs is 2. The Labute approximate surface area is 161 Å². The zero-order valence-corrected chi connectivity index (χ0v) is 15.9. The fourth-order valence-electron chi connectivity index (χ4n) is 3.00. The monoisotopic (exact) mass is 376 g/mol. The van der Waals surface area contributed by atoms with Crippen molar-refractivity contribution in [1.29, 1.82) is 0 Å². The maximum Gasteiger partial charge on any atom is 0.261 e. The topological polar surface area (TPSA) is 44.1 Å². The minimum absolute atomic E-state index is 0.00575. The van der Waals surface area contributed by atoms with Gasteiger partial charge in [-0.15, -0.1) is 0 Å². The first kappa shape index (κ1) is 17.6. The van der Waals surface area contributed by atoms with Crippen molar-refractivity contribution in [3.63, 3.8) is 0 Å². The van der Waals surface area contributed by atoms with E-state index in [1.54, 1.807) is 23.4 Å². The first-order chi connectivity index (χ1) is 13.2. The third kappa shape index (κ3) is 3.83. The van der Waals surface area contributed by atoms with Crippen molar-refractivity contribution < 1.29 is 4.74 Å². The quantitative estimate of drug-likeness (QED) is 0.213. The first-order valence-electron chi connectivity index (χ1n) is 8.92. The molecule has 0 saturated carbocycles. The molecule has 4 aromatic rings. The second-order valence-electron chi connectivity index (χ2n) is 6.34. The standard InChI is InChI=1S/C22H20N2O2S/c1-24-21(25)19-14-16-8-5-6-9-17(16)15-20(19)23-22(24)27-13-7-12-26-18-10-3-2-4-11-18/h2-6,8-11,14-15H,7,12-13H2,1H3. The number of thioether (sulfide) groups is 1. The SMILES string of the molecule is Cn1c(SCCCOc2ccccc2)nc2cc3ccccc3cc2c1=O. The summed E-state index contributed by atoms with van der Waals surface area (Å²) in [6.07, 6.45) is 0.880. The molecule has 136 valence electrons. The molecule has 1 aromatic heterocycles. The number of ether oxygens (including phenoxy) is 1. The van der Waals surface area contributed by atoms with Crippen LogP contribution < -0.4 is 10.3 Å². The molecule has 0 bridgehead atoms. The van der Waals surface area contributed by atoms with Crippen LogP contribution in [0.2, 0.25) is 0 Å². The van der Waals surface area contributed by atoms with Crippen LogP contribution >= 0.6 is 11.8 Å². The van der Waals surface area contributed by atoms with Crippen LogP contribution in [0, 0.1) is 0 Å². The van der Waals surface area contributed by atoms with E-state index < -0.39 is 0 Å². The molecule has 0 spiro atoms. The smallest absolute Gasteiger partial charge is 0.261 e. The summed E-state index contributed by atoms with van der Waals surface area (Å²) >= 11 is 1.59. The molecule has 4 nitrogen and oxygen atoms in total. The van der Waals surface area contributed by atoms with E-state index in [1.165, 1.54) is 0 Å². The highest BCUT2D eigenvalue weighted by molar-refractivity contribution is 7.99. The fraction of sp³-hybridized carbons (Fsp3) is 0.182. The Hall–Kier alpha value is -2.79. The zero-order chi connectivity index (χ0) is 18.6. The summed E-state index contributed by atoms with van der Waals surface area (Å²) in [5.74, 6) is 1.72. The Morgan fingerprint density at radius 1 is 1.00 bits per heavy atom. The highest BCUT2D eigenvalue weighted by atomic mass is 32.2. The van der Waals surface area contributed by atoms with Crippen molar-refractivity contribution in [3.05, 3.63) is 77.1 Å². The van der Waals surface area contributed by atoms with Gasteiger partial charge in [0.05, 0.1) is 17.5 Å². The van der Waals surface area contributed by atoms with Crippen LogP contribution in [0.4, 0.5) is 0 Å². The molecule has 0 aliphatic rings. The van der Waals surface area contributed by atoms with Crippen molar-refractivity contribution in [1.82, 2.24) is 9.55 Å². The summed E-state index contributed by atoms with van der Waals surface area (Å²) in [6.45, 7) is 0.642. The van der Waals surface area contributed by atoms with Gasteiger partial charge in [0.2, 0.25) is 0 Å². The molecular formula is C22H20N2O2S. The third-order valence-corrected chi connectivity index (χ3v) is 5.55. The number of nitrogens with zero attached hydrogens (tertiary/aromatic N) is 2. The molecule has 0 radical (unpaired) electrons. The summed E-state index contributed by atoms with van der Waals surface area (Å²) in [4.78, 5) is 17.5. The Bertz CT molecular complexity index is 1140. The van der Waals surface area contributed by atoms with Gasteiger partial charge < -0.3 is 4.74 Å². The van der Waals surface area contributed by atoms with Crippen LogP contribution in [0.5, 0.6) is 5.75 Å². The molecule has 0 N–H and O–H groups in total. The van der Waals surface area contributed by atoms with Crippen LogP contribution in [0.15, 0.2) is 76.7 Å². The molecule has 0 aliphatic heterocycles. The van der Waals surface area contributed by atoms with E-state index in [4.69, 9.17) is 9.72 Å². The molecule has 3 aromatic carbocycles. The Morgan fingerprint density at radius 2 is 1.70 bits per heavy atom. The Kier molecular flexibility index (Phi) is 5.12. The first-order valence-corrected chi connectivity index (χ1v) is 9.91. The highest BCUT2D eigenvalue weighted by Gasteiger charge is 2.10. The summed E-state index contributed by atoms with van der Waals surface area (Å²) in [7, 11) is 1.78. The molecular weight excluding hydrogens is 356 g/mol. The molecule has 27 heavy (non-hydrogen) atoms. The average Bonchev–Trinajstić information content (AvgIpc) is 2.71. The molecule has 1 heterocycles. The Balaban J connectivity index is 1.49. The lowest BCUT2D eigenvalue weighted by molar-refractivity contribution is 0.318. The molecule has 0 amide bonds. The van der Waals surface area contributed by atoms with Crippen LogP contribution in [0.1, 0.15) is 6.42 Å². The van der Waals surface area contributed by atoms with E-state index in [9.17, 15) is 4.79 Å². The van der Waals surface area contributed by atoms with Gasteiger partial charge in [-0.05, 0) is 41.5 Å². The van der Waals surface area contributed by atoms with Gasteiger partial charge in [-0.1, -0.05) is 54.2 Å². The lowest BCUT2D eigenvalue weighted by Gasteiger charge is -2.10. The van der Waals surface area contributed by atoms with Gasteiger partial charge in [0.15, 0.2) is 5.16 Å². The Morgan fingerprint density at radius 3 is 2.48 bits per heavy atom. The number of para-hydroxylation sites is 1. The fourth-order valence-corrected chi connectivity index (χ4v) is 3.88. The van der Waals surface area contributed by atoms with Crippen LogP contribution in [0.3, 0.4) is 0 Å². The van der Waals surface area contributed by atoms with Gasteiger partial charge >= 0.3 is 0 Å². The zero-order valence-electron chi connectivity index (χ0n) is 15.1. The summed E-state index contributed by atoms with van der Waals surface area (Å²) < 4.78 is 7.35. The van der Waals surface area contributed by atoms with E-state index >= 15 is 0 Å². The third-order valence-electron chi connectivity index (χ3n) is 4.43. The van der Waals surface area contributed by atoms with Crippen LogP contribution in [-0.2, 0) is 7.05 Å². The normalized spacial score (nSPS) is 11.1. The average molecular weight is 376 g/mol. The largest absolute Gasteiger partial charge is 0.494 e. The number of rotatable bonds is 6. The maximum atomic E-state index is 12.8. The summed E-state index contributed by atoms with van der Waals surface area (Å²) in [5.41, 5.74) is 0.744. The lowest BCUT2D eigenvalue weighted by Crippen LogP contribution is -2.20. The van der Waals surface area contributed by atoms with E-state index in [2.05, 4.69) is 0 Å². The van der Waals surface area contributed by atoms with Crippen molar-refractivity contribution in [3.8, 4) is 5.75 Å². The number of hydrogen-bond donors (Lipinski definition) is 0. The van der Waals surface area contributed by atoms with Gasteiger partial charge in [0.25, 0.3) is 5.56 Å². The minimum atomic E-state index is -0.00575. The van der Waals surface area contributed by atoms with E-state index in [0.717, 1.165) is 39.4 Å². The number of benzene rings is 3. The highest BCUT2D eigenvalue weighted by Crippen LogP contribution is 2.22. The van der Waals surface area contributed by atoms with Crippen molar-refractivity contribution in [2.24, 2.45) is 7.05 Å². The molecule has 0 atom stereocenters. The number of aromatic nitrogens is 2. The van der Waals surface area contributed by atoms with Crippen LogP contribution in [0.25, 0.3) is 21.7 Å². The van der Waals surface area contributed by atoms with Gasteiger partial charge in [-0.2, -0.15) is 0 Å². The van der Waals surface area contributed by atoms with Crippen molar-refractivity contribution in [2.45, 2.75) is 11.6 Å². The summed E-state index contributed by atoms with van der Waals surface area (Å²) in [6, 6.07) is 21.8. The van der Waals surface area contributed by atoms with E-state index in [0.29, 0.717) is 12.0 Å². The second kappa shape index (κ2) is 7.84. The molecule has 4 rings (SSSR count). The minimum Gasteiger partial charge on any atom is -0.494 e. The van der Waals surface area contributed by atoms with E-state index in [1.807, 2.05) is 66.7 Å². The summed E-state index contributed by atoms with van der Waals surface area (Å²) in [5, 5.41) is 3.55. The number of hydrogen-bond acceptors (Lipinski definition) is 4. The van der Waals surface area contributed by atoms with Gasteiger partial charge in [0, 0.05) is 12.8 Å².